The molecule has 0 unspecified atom stereocenters. The Balaban J connectivity index is 2.34. The van der Waals surface area contributed by atoms with Gasteiger partial charge < -0.3 is 10.5 Å². The molecule has 0 saturated heterocycles. The number of hydrogen-bond donors (Lipinski definition) is 1. The summed E-state index contributed by atoms with van der Waals surface area (Å²) in [4.78, 5) is 9.16. The van der Waals surface area contributed by atoms with Crippen molar-refractivity contribution in [2.75, 3.05) is 7.11 Å². The van der Waals surface area contributed by atoms with Crippen LogP contribution in [-0.4, -0.2) is 17.1 Å². The molecule has 2 N–H and O–H groups in total. The normalized spacial score (nSPS) is 20.7. The fraction of sp³-hybridized carbons (Fsp3) is 0.714. The molecule has 1 aliphatic rings. The molecule has 1 fully saturated rings. The molecule has 4 nitrogen and oxygen atoms in total. The van der Waals surface area contributed by atoms with Crippen molar-refractivity contribution in [3.05, 3.63) is 23.3 Å². The number of aryl methyl sites for hydroxylation is 1. The summed E-state index contributed by atoms with van der Waals surface area (Å²) in [7, 11) is 1.77. The number of methoxy groups -OCH3 is 1. The van der Waals surface area contributed by atoms with Crippen molar-refractivity contribution in [3.63, 3.8) is 0 Å². The Morgan fingerprint density at radius 2 is 2.00 bits per heavy atom. The van der Waals surface area contributed by atoms with Crippen LogP contribution >= 0.6 is 0 Å². The number of ether oxygens (including phenoxy) is 1. The molecule has 1 aliphatic carbocycles. The minimum absolute atomic E-state index is 0.0242. The Morgan fingerprint density at radius 3 is 2.50 bits per heavy atom. The Morgan fingerprint density at radius 1 is 1.33 bits per heavy atom. The molecule has 1 saturated carbocycles. The van der Waals surface area contributed by atoms with E-state index in [4.69, 9.17) is 10.5 Å². The molecule has 100 valence electrons. The largest absolute Gasteiger partial charge is 0.370 e. The van der Waals surface area contributed by atoms with Crippen molar-refractivity contribution in [2.24, 2.45) is 5.73 Å². The van der Waals surface area contributed by atoms with Crippen LogP contribution < -0.4 is 5.73 Å². The first-order valence-corrected chi connectivity index (χ1v) is 6.74. The second-order valence-corrected chi connectivity index (χ2v) is 5.28. The molecule has 0 aliphatic heterocycles. The average Bonchev–Trinajstić information content (AvgIpc) is 2.39. The number of rotatable bonds is 3. The minimum Gasteiger partial charge on any atom is -0.370 e. The summed E-state index contributed by atoms with van der Waals surface area (Å²) in [6, 6.07) is -0.0242. The summed E-state index contributed by atoms with van der Waals surface area (Å²) in [5.41, 5.74) is 7.60. The maximum Gasteiger partial charge on any atom is 0.160 e. The summed E-state index contributed by atoms with van der Waals surface area (Å²) in [5, 5.41) is 0. The highest BCUT2D eigenvalue weighted by atomic mass is 16.5. The van der Waals surface area contributed by atoms with Gasteiger partial charge in [-0.05, 0) is 26.7 Å². The van der Waals surface area contributed by atoms with Crippen molar-refractivity contribution in [1.29, 1.82) is 0 Å². The zero-order valence-corrected chi connectivity index (χ0v) is 11.6. The number of hydrogen-bond acceptors (Lipinski definition) is 4. The fourth-order valence-corrected chi connectivity index (χ4v) is 2.78. The van der Waals surface area contributed by atoms with Crippen molar-refractivity contribution < 1.29 is 4.74 Å². The van der Waals surface area contributed by atoms with E-state index in [2.05, 4.69) is 9.97 Å². The summed E-state index contributed by atoms with van der Waals surface area (Å²) in [6.45, 7) is 3.95. The lowest BCUT2D eigenvalue weighted by Gasteiger charge is -2.34. The predicted octanol–water partition coefficient (Wildman–Crippen LogP) is 2.61. The third-order valence-corrected chi connectivity index (χ3v) is 3.97. The van der Waals surface area contributed by atoms with Gasteiger partial charge in [0.05, 0.1) is 0 Å². The van der Waals surface area contributed by atoms with Gasteiger partial charge in [0.15, 0.2) is 5.82 Å². The topological polar surface area (TPSA) is 61.0 Å². The Labute approximate surface area is 109 Å². The second kappa shape index (κ2) is 5.33. The summed E-state index contributed by atoms with van der Waals surface area (Å²) in [5.74, 6) is 0.826. The van der Waals surface area contributed by atoms with Crippen LogP contribution in [0.25, 0.3) is 0 Å². The van der Waals surface area contributed by atoms with E-state index in [1.54, 1.807) is 7.11 Å². The van der Waals surface area contributed by atoms with Crippen LogP contribution in [0.5, 0.6) is 0 Å². The van der Waals surface area contributed by atoms with Gasteiger partial charge in [-0.3, -0.25) is 0 Å². The molecule has 4 heteroatoms. The molecule has 18 heavy (non-hydrogen) atoms. The van der Waals surface area contributed by atoms with Crippen LogP contribution in [0.2, 0.25) is 0 Å². The molecule has 0 aromatic carbocycles. The van der Waals surface area contributed by atoms with Crippen molar-refractivity contribution in [3.8, 4) is 0 Å². The van der Waals surface area contributed by atoms with Crippen molar-refractivity contribution in [2.45, 2.75) is 57.6 Å². The molecule has 1 aromatic rings. The molecule has 1 aromatic heterocycles. The molecular weight excluding hydrogens is 226 g/mol. The quantitative estimate of drug-likeness (QED) is 0.894. The second-order valence-electron chi connectivity index (χ2n) is 5.28. The fourth-order valence-electron chi connectivity index (χ4n) is 2.78. The van der Waals surface area contributed by atoms with Crippen LogP contribution in [-0.2, 0) is 10.3 Å². The monoisotopic (exact) mass is 249 g/mol. The molecule has 0 bridgehead atoms. The summed E-state index contributed by atoms with van der Waals surface area (Å²) >= 11 is 0. The zero-order valence-electron chi connectivity index (χ0n) is 11.6. The smallest absolute Gasteiger partial charge is 0.160 e. The maximum absolute atomic E-state index is 5.90. The highest BCUT2D eigenvalue weighted by Crippen LogP contribution is 2.38. The van der Waals surface area contributed by atoms with Crippen LogP contribution in [0.15, 0.2) is 6.20 Å². The van der Waals surface area contributed by atoms with E-state index in [-0.39, 0.29) is 11.6 Å². The molecule has 0 spiro atoms. The molecule has 0 radical (unpaired) electrons. The van der Waals surface area contributed by atoms with Gasteiger partial charge in [-0.15, -0.1) is 0 Å². The van der Waals surface area contributed by atoms with E-state index in [0.29, 0.717) is 0 Å². The van der Waals surface area contributed by atoms with Crippen LogP contribution in [0, 0.1) is 6.92 Å². The van der Waals surface area contributed by atoms with Crippen molar-refractivity contribution >= 4 is 0 Å². The van der Waals surface area contributed by atoms with Gasteiger partial charge in [-0.1, -0.05) is 19.3 Å². The molecule has 1 atom stereocenters. The first kappa shape index (κ1) is 13.4. The number of nitrogens with two attached hydrogens (primary N) is 1. The first-order chi connectivity index (χ1) is 8.59. The van der Waals surface area contributed by atoms with Gasteiger partial charge in [-0.25, -0.2) is 9.97 Å². The maximum atomic E-state index is 5.90. The summed E-state index contributed by atoms with van der Waals surface area (Å²) in [6.07, 6.45) is 7.54. The van der Waals surface area contributed by atoms with E-state index in [0.717, 1.165) is 29.9 Å². The molecule has 2 rings (SSSR count). The average molecular weight is 249 g/mol. The number of nitrogens with zero attached hydrogens (tertiary/aromatic N) is 2. The molecular formula is C14H23N3O. The van der Waals surface area contributed by atoms with E-state index < -0.39 is 0 Å². The van der Waals surface area contributed by atoms with Crippen molar-refractivity contribution in [1.82, 2.24) is 9.97 Å². The SMILES string of the molecule is COC1(c2ncc([C@@H](C)N)c(C)n2)CCCCC1. The van der Waals surface area contributed by atoms with E-state index in [1.807, 2.05) is 20.0 Å². The van der Waals surface area contributed by atoms with Crippen LogP contribution in [0.3, 0.4) is 0 Å². The molecule has 0 amide bonds. The van der Waals surface area contributed by atoms with Gasteiger partial charge in [0.1, 0.15) is 5.60 Å². The first-order valence-electron chi connectivity index (χ1n) is 6.74. The standard InChI is InChI=1S/C14H23N3O/c1-10(15)12-9-16-13(17-11(12)2)14(18-3)7-5-4-6-8-14/h9-10H,4-8,15H2,1-3H3/t10-/m1/s1. The minimum atomic E-state index is -0.278. The van der Waals surface area contributed by atoms with Gasteiger partial charge in [0, 0.05) is 30.6 Å². The van der Waals surface area contributed by atoms with Gasteiger partial charge in [0.2, 0.25) is 0 Å². The lowest BCUT2D eigenvalue weighted by Crippen LogP contribution is -2.33. The predicted molar refractivity (Wildman–Crippen MR) is 71.1 cm³/mol. The van der Waals surface area contributed by atoms with Crippen LogP contribution in [0.4, 0.5) is 0 Å². The van der Waals surface area contributed by atoms with E-state index >= 15 is 0 Å². The van der Waals surface area contributed by atoms with Gasteiger partial charge in [-0.2, -0.15) is 0 Å². The van der Waals surface area contributed by atoms with Gasteiger partial charge >= 0.3 is 0 Å². The Bertz CT molecular complexity index is 412. The Kier molecular flexibility index (Phi) is 3.97. The lowest BCUT2D eigenvalue weighted by molar-refractivity contribution is -0.0516. The highest BCUT2D eigenvalue weighted by Gasteiger charge is 2.36. The lowest BCUT2D eigenvalue weighted by atomic mass is 9.83. The third kappa shape index (κ3) is 2.40. The highest BCUT2D eigenvalue weighted by molar-refractivity contribution is 5.21. The van der Waals surface area contributed by atoms with E-state index in [9.17, 15) is 0 Å². The van der Waals surface area contributed by atoms with E-state index in [1.165, 1.54) is 19.3 Å². The zero-order chi connectivity index (χ0) is 13.2. The number of aromatic nitrogens is 2. The molecule has 1 heterocycles. The van der Waals surface area contributed by atoms with Crippen LogP contribution in [0.1, 0.15) is 62.2 Å². The Hall–Kier alpha value is -1.00. The third-order valence-electron chi connectivity index (χ3n) is 3.97. The summed E-state index contributed by atoms with van der Waals surface area (Å²) < 4.78 is 5.76. The van der Waals surface area contributed by atoms with Gasteiger partial charge in [0.25, 0.3) is 0 Å².